The SMILES string of the molecule is CCOC(=O)CN(c1ccccc1)C1C(=O)CC(CCc2ccccc2)(c2ccccc2)OC1=O. The number of rotatable bonds is 9. The number of carbonyl (C=O) groups is 3. The Morgan fingerprint density at radius 2 is 1.54 bits per heavy atom. The maximum absolute atomic E-state index is 13.7. The van der Waals surface area contributed by atoms with Gasteiger partial charge in [-0.1, -0.05) is 78.9 Å². The molecule has 0 aromatic heterocycles. The summed E-state index contributed by atoms with van der Waals surface area (Å²) >= 11 is 0. The maximum atomic E-state index is 13.7. The lowest BCUT2D eigenvalue weighted by Gasteiger charge is -2.42. The predicted octanol–water partition coefficient (Wildman–Crippen LogP) is 4.47. The van der Waals surface area contributed by atoms with Crippen LogP contribution < -0.4 is 4.90 Å². The Bertz CT molecular complexity index is 1130. The molecule has 0 amide bonds. The number of ketones is 1. The van der Waals surface area contributed by atoms with Crippen molar-refractivity contribution in [2.45, 2.75) is 37.8 Å². The summed E-state index contributed by atoms with van der Waals surface area (Å²) in [7, 11) is 0. The van der Waals surface area contributed by atoms with Gasteiger partial charge in [-0.2, -0.15) is 0 Å². The lowest BCUT2D eigenvalue weighted by atomic mass is 9.80. The number of Topliss-reactive ketones (excluding diaryl/α,β-unsaturated/α-hetero) is 1. The standard InChI is InChI=1S/C29H29NO5/c1-2-34-26(32)21-30(24-16-10-5-11-17-24)27-25(31)20-29(35-28(27)33,23-14-8-4-9-15-23)19-18-22-12-6-3-7-13-22/h3-17,27H,2,18-21H2,1H3. The molecule has 1 aliphatic rings. The summed E-state index contributed by atoms with van der Waals surface area (Å²) in [6.07, 6.45) is 1.13. The van der Waals surface area contributed by atoms with Crippen LogP contribution in [0.25, 0.3) is 0 Å². The molecule has 0 bridgehead atoms. The molecule has 4 rings (SSSR count). The van der Waals surface area contributed by atoms with E-state index in [0.29, 0.717) is 18.5 Å². The summed E-state index contributed by atoms with van der Waals surface area (Å²) in [6.45, 7) is 1.69. The van der Waals surface area contributed by atoms with Crippen LogP contribution in [0.1, 0.15) is 30.9 Å². The van der Waals surface area contributed by atoms with Crippen LogP contribution in [0, 0.1) is 0 Å². The molecule has 0 aliphatic carbocycles. The third-order valence-electron chi connectivity index (χ3n) is 6.25. The summed E-state index contributed by atoms with van der Waals surface area (Å²) in [6, 6.07) is 27.0. The molecule has 6 nitrogen and oxygen atoms in total. The third-order valence-corrected chi connectivity index (χ3v) is 6.25. The molecule has 6 heteroatoms. The molecule has 1 aliphatic heterocycles. The van der Waals surface area contributed by atoms with Crippen molar-refractivity contribution in [3.63, 3.8) is 0 Å². The maximum Gasteiger partial charge on any atom is 0.337 e. The lowest BCUT2D eigenvalue weighted by molar-refractivity contribution is -0.175. The summed E-state index contributed by atoms with van der Waals surface area (Å²) in [5.74, 6) is -1.46. The van der Waals surface area contributed by atoms with E-state index in [0.717, 1.165) is 11.1 Å². The molecule has 1 saturated heterocycles. The minimum Gasteiger partial charge on any atom is -0.465 e. The number of para-hydroxylation sites is 1. The summed E-state index contributed by atoms with van der Waals surface area (Å²) in [5, 5.41) is 0. The van der Waals surface area contributed by atoms with E-state index in [1.54, 1.807) is 31.2 Å². The Kier molecular flexibility index (Phi) is 7.60. The number of cyclic esters (lactones) is 1. The smallest absolute Gasteiger partial charge is 0.337 e. The van der Waals surface area contributed by atoms with Gasteiger partial charge in [0.25, 0.3) is 0 Å². The first-order valence-electron chi connectivity index (χ1n) is 11.8. The minimum absolute atomic E-state index is 0.0203. The molecule has 0 radical (unpaired) electrons. The normalized spacial score (nSPS) is 19.6. The fraction of sp³-hybridized carbons (Fsp3) is 0.276. The Morgan fingerprint density at radius 1 is 0.943 bits per heavy atom. The van der Waals surface area contributed by atoms with Crippen molar-refractivity contribution < 1.29 is 23.9 Å². The van der Waals surface area contributed by atoms with Crippen LogP contribution in [0.4, 0.5) is 5.69 Å². The highest BCUT2D eigenvalue weighted by molar-refractivity contribution is 6.09. The molecule has 1 heterocycles. The van der Waals surface area contributed by atoms with E-state index in [2.05, 4.69) is 0 Å². The highest BCUT2D eigenvalue weighted by Crippen LogP contribution is 2.40. The van der Waals surface area contributed by atoms with Gasteiger partial charge in [0.1, 0.15) is 12.1 Å². The van der Waals surface area contributed by atoms with Crippen LogP contribution in [0.5, 0.6) is 0 Å². The van der Waals surface area contributed by atoms with E-state index < -0.39 is 23.6 Å². The van der Waals surface area contributed by atoms with Crippen molar-refractivity contribution in [1.82, 2.24) is 0 Å². The van der Waals surface area contributed by atoms with E-state index in [-0.39, 0.29) is 25.4 Å². The monoisotopic (exact) mass is 471 g/mol. The molecular formula is C29H29NO5. The molecule has 3 aromatic carbocycles. The van der Waals surface area contributed by atoms with Gasteiger partial charge in [0.2, 0.25) is 0 Å². The quantitative estimate of drug-likeness (QED) is 0.339. The highest BCUT2D eigenvalue weighted by Gasteiger charge is 2.50. The van der Waals surface area contributed by atoms with Gasteiger partial charge in [-0.15, -0.1) is 0 Å². The molecule has 35 heavy (non-hydrogen) atoms. The van der Waals surface area contributed by atoms with E-state index in [9.17, 15) is 14.4 Å². The number of anilines is 1. The summed E-state index contributed by atoms with van der Waals surface area (Å²) in [5.41, 5.74) is 1.38. The van der Waals surface area contributed by atoms with Gasteiger partial charge in [-0.05, 0) is 43.0 Å². The van der Waals surface area contributed by atoms with Crippen molar-refractivity contribution in [1.29, 1.82) is 0 Å². The van der Waals surface area contributed by atoms with Crippen LogP contribution >= 0.6 is 0 Å². The largest absolute Gasteiger partial charge is 0.465 e. The van der Waals surface area contributed by atoms with Gasteiger partial charge in [0.15, 0.2) is 11.8 Å². The van der Waals surface area contributed by atoms with Crippen molar-refractivity contribution in [2.75, 3.05) is 18.1 Å². The Morgan fingerprint density at radius 3 is 2.14 bits per heavy atom. The second-order valence-electron chi connectivity index (χ2n) is 8.58. The van der Waals surface area contributed by atoms with Crippen molar-refractivity contribution in [3.8, 4) is 0 Å². The first kappa shape index (κ1) is 24.2. The summed E-state index contributed by atoms with van der Waals surface area (Å²) < 4.78 is 11.3. The third kappa shape index (κ3) is 5.60. The van der Waals surface area contributed by atoms with Gasteiger partial charge in [-0.25, -0.2) is 4.79 Å². The first-order valence-corrected chi connectivity index (χ1v) is 11.8. The molecule has 180 valence electrons. The summed E-state index contributed by atoms with van der Waals surface area (Å²) in [4.78, 5) is 41.0. The van der Waals surface area contributed by atoms with Crippen LogP contribution in [0.3, 0.4) is 0 Å². The average Bonchev–Trinajstić information content (AvgIpc) is 2.88. The van der Waals surface area contributed by atoms with Crippen LogP contribution in [0.15, 0.2) is 91.0 Å². The van der Waals surface area contributed by atoms with Crippen LogP contribution in [0.2, 0.25) is 0 Å². The van der Waals surface area contributed by atoms with E-state index in [1.165, 1.54) is 4.90 Å². The second-order valence-corrected chi connectivity index (χ2v) is 8.58. The Hall–Kier alpha value is -3.93. The van der Waals surface area contributed by atoms with Gasteiger partial charge >= 0.3 is 11.9 Å². The molecule has 3 aromatic rings. The minimum atomic E-state index is -1.23. The molecule has 1 fully saturated rings. The zero-order valence-corrected chi connectivity index (χ0v) is 19.8. The number of hydrogen-bond acceptors (Lipinski definition) is 6. The molecule has 2 unspecified atom stereocenters. The highest BCUT2D eigenvalue weighted by atomic mass is 16.6. The number of nitrogens with zero attached hydrogens (tertiary/aromatic N) is 1. The van der Waals surface area contributed by atoms with Crippen LogP contribution in [-0.2, 0) is 35.9 Å². The zero-order chi connectivity index (χ0) is 24.7. The van der Waals surface area contributed by atoms with Crippen LogP contribution in [-0.4, -0.2) is 36.9 Å². The van der Waals surface area contributed by atoms with Gasteiger partial charge < -0.3 is 14.4 Å². The fourth-order valence-corrected chi connectivity index (χ4v) is 4.57. The van der Waals surface area contributed by atoms with E-state index >= 15 is 0 Å². The van der Waals surface area contributed by atoms with E-state index in [4.69, 9.17) is 9.47 Å². The molecular weight excluding hydrogens is 442 g/mol. The van der Waals surface area contributed by atoms with Gasteiger partial charge in [0, 0.05) is 5.69 Å². The number of carbonyl (C=O) groups excluding carboxylic acids is 3. The molecule has 0 spiro atoms. The van der Waals surface area contributed by atoms with Gasteiger partial charge in [-0.3, -0.25) is 9.59 Å². The van der Waals surface area contributed by atoms with Crippen molar-refractivity contribution in [3.05, 3.63) is 102 Å². The van der Waals surface area contributed by atoms with E-state index in [1.807, 2.05) is 66.7 Å². The number of hydrogen-bond donors (Lipinski definition) is 0. The Balaban J connectivity index is 1.65. The molecule has 0 saturated carbocycles. The zero-order valence-electron chi connectivity index (χ0n) is 19.8. The number of esters is 2. The number of ether oxygens (including phenoxy) is 2. The topological polar surface area (TPSA) is 72.9 Å². The predicted molar refractivity (Wildman–Crippen MR) is 133 cm³/mol. The Labute approximate surface area is 205 Å². The lowest BCUT2D eigenvalue weighted by Crippen LogP contribution is -2.57. The fourth-order valence-electron chi connectivity index (χ4n) is 4.57. The average molecular weight is 472 g/mol. The second kappa shape index (κ2) is 11.0. The van der Waals surface area contributed by atoms with Gasteiger partial charge in [0.05, 0.1) is 13.0 Å². The molecule has 0 N–H and O–H groups in total. The molecule has 2 atom stereocenters. The van der Waals surface area contributed by atoms with Crippen molar-refractivity contribution >= 4 is 23.4 Å². The number of benzene rings is 3. The first-order chi connectivity index (χ1) is 17.0. The number of aryl methyl sites for hydroxylation is 1. The van der Waals surface area contributed by atoms with Crippen molar-refractivity contribution in [2.24, 2.45) is 0 Å².